The second-order valence-corrected chi connectivity index (χ2v) is 7.03. The quantitative estimate of drug-likeness (QED) is 0.735. The van der Waals surface area contributed by atoms with Crippen LogP contribution in [-0.2, 0) is 9.59 Å². The molecule has 1 heterocycles. The van der Waals surface area contributed by atoms with E-state index in [1.165, 1.54) is 24.3 Å². The molecule has 6 nitrogen and oxygen atoms in total. The molecule has 1 aliphatic carbocycles. The van der Waals surface area contributed by atoms with E-state index in [9.17, 15) is 14.0 Å². The first-order valence-electron chi connectivity index (χ1n) is 8.02. The van der Waals surface area contributed by atoms with E-state index in [4.69, 9.17) is 5.73 Å². The molecule has 0 bridgehead atoms. The summed E-state index contributed by atoms with van der Waals surface area (Å²) in [5.41, 5.74) is 6.97. The summed E-state index contributed by atoms with van der Waals surface area (Å²) in [5, 5.41) is 7.43. The number of aromatic nitrogens is 1. The summed E-state index contributed by atoms with van der Waals surface area (Å²) in [6.07, 6.45) is 2.32. The number of hydrogen-bond donors (Lipinski definition) is 3. The predicted octanol–water partition coefficient (Wildman–Crippen LogP) is 3.40. The number of anilines is 2. The van der Waals surface area contributed by atoms with Gasteiger partial charge in [-0.15, -0.1) is 23.7 Å². The Morgan fingerprint density at radius 1 is 1.31 bits per heavy atom. The molecular formula is C17H20ClFN4O2S. The van der Waals surface area contributed by atoms with Gasteiger partial charge in [0.25, 0.3) is 0 Å². The molecule has 9 heteroatoms. The lowest BCUT2D eigenvalue weighted by Gasteiger charge is -2.08. The summed E-state index contributed by atoms with van der Waals surface area (Å²) in [7, 11) is 0. The lowest BCUT2D eigenvalue weighted by molar-refractivity contribution is -0.119. The fourth-order valence-electron chi connectivity index (χ4n) is 2.92. The molecule has 2 unspecified atom stereocenters. The normalized spacial score (nSPS) is 18.9. The van der Waals surface area contributed by atoms with Crippen LogP contribution in [-0.4, -0.2) is 22.8 Å². The first-order chi connectivity index (χ1) is 11.9. The molecular weight excluding hydrogens is 379 g/mol. The summed E-state index contributed by atoms with van der Waals surface area (Å²) < 4.78 is 14.3. The lowest BCUT2D eigenvalue weighted by Crippen LogP contribution is -2.23. The SMILES string of the molecule is CC(=O)Nc1ccc(-c2csc(NC(=O)C3CCC(N)C3)n2)c(F)c1.Cl. The molecule has 0 aliphatic heterocycles. The Kier molecular flexibility index (Phi) is 6.69. The molecule has 26 heavy (non-hydrogen) atoms. The average Bonchev–Trinajstić information content (AvgIpc) is 3.16. The topological polar surface area (TPSA) is 97.1 Å². The summed E-state index contributed by atoms with van der Waals surface area (Å²) in [6, 6.07) is 4.49. The van der Waals surface area contributed by atoms with Crippen molar-refractivity contribution in [2.75, 3.05) is 10.6 Å². The monoisotopic (exact) mass is 398 g/mol. The van der Waals surface area contributed by atoms with E-state index in [0.717, 1.165) is 12.8 Å². The van der Waals surface area contributed by atoms with Crippen LogP contribution in [0.25, 0.3) is 11.3 Å². The Bertz CT molecular complexity index is 814. The molecule has 1 fully saturated rings. The van der Waals surface area contributed by atoms with Gasteiger partial charge in [0, 0.05) is 35.5 Å². The van der Waals surface area contributed by atoms with Crippen LogP contribution in [0.1, 0.15) is 26.2 Å². The van der Waals surface area contributed by atoms with Crippen molar-refractivity contribution in [3.05, 3.63) is 29.4 Å². The first-order valence-corrected chi connectivity index (χ1v) is 8.90. The van der Waals surface area contributed by atoms with Gasteiger partial charge in [0.15, 0.2) is 5.13 Å². The van der Waals surface area contributed by atoms with Crippen LogP contribution in [0.4, 0.5) is 15.2 Å². The van der Waals surface area contributed by atoms with Crippen LogP contribution < -0.4 is 16.4 Å². The zero-order valence-corrected chi connectivity index (χ0v) is 15.8. The number of thiazole rings is 1. The number of hydrogen-bond acceptors (Lipinski definition) is 5. The van der Waals surface area contributed by atoms with E-state index in [-0.39, 0.29) is 36.2 Å². The Morgan fingerprint density at radius 2 is 2.08 bits per heavy atom. The lowest BCUT2D eigenvalue weighted by atomic mass is 10.1. The highest BCUT2D eigenvalue weighted by Gasteiger charge is 2.28. The van der Waals surface area contributed by atoms with Crippen LogP contribution in [0.2, 0.25) is 0 Å². The summed E-state index contributed by atoms with van der Waals surface area (Å²) in [4.78, 5) is 27.5. The Hall–Kier alpha value is -2.03. The fourth-order valence-corrected chi connectivity index (χ4v) is 3.63. The Morgan fingerprint density at radius 3 is 2.69 bits per heavy atom. The smallest absolute Gasteiger partial charge is 0.229 e. The second kappa shape index (κ2) is 8.57. The molecule has 140 valence electrons. The highest BCUT2D eigenvalue weighted by atomic mass is 35.5. The molecule has 0 radical (unpaired) electrons. The third-order valence-electron chi connectivity index (χ3n) is 4.14. The highest BCUT2D eigenvalue weighted by Crippen LogP contribution is 2.30. The molecule has 3 rings (SSSR count). The number of benzene rings is 1. The van der Waals surface area contributed by atoms with Gasteiger partial charge in [-0.25, -0.2) is 9.37 Å². The minimum atomic E-state index is -0.490. The van der Waals surface area contributed by atoms with Crippen molar-refractivity contribution in [2.45, 2.75) is 32.2 Å². The van der Waals surface area contributed by atoms with Crippen LogP contribution in [0.5, 0.6) is 0 Å². The molecule has 1 aromatic heterocycles. The largest absolute Gasteiger partial charge is 0.328 e. The molecule has 1 saturated carbocycles. The van der Waals surface area contributed by atoms with Crippen molar-refractivity contribution >= 4 is 46.4 Å². The number of nitrogens with zero attached hydrogens (tertiary/aromatic N) is 1. The number of carbonyl (C=O) groups excluding carboxylic acids is 2. The summed E-state index contributed by atoms with van der Waals surface area (Å²) in [5.74, 6) is -0.931. The van der Waals surface area contributed by atoms with E-state index < -0.39 is 5.82 Å². The molecule has 1 aliphatic rings. The predicted molar refractivity (Wildman–Crippen MR) is 103 cm³/mol. The van der Waals surface area contributed by atoms with Gasteiger partial charge in [-0.05, 0) is 37.5 Å². The van der Waals surface area contributed by atoms with E-state index >= 15 is 0 Å². The number of halogens is 2. The minimum Gasteiger partial charge on any atom is -0.328 e. The maximum Gasteiger partial charge on any atom is 0.229 e. The van der Waals surface area contributed by atoms with E-state index in [1.807, 2.05) is 0 Å². The molecule has 2 aromatic rings. The summed E-state index contributed by atoms with van der Waals surface area (Å²) in [6.45, 7) is 1.36. The van der Waals surface area contributed by atoms with E-state index in [1.54, 1.807) is 17.5 Å². The second-order valence-electron chi connectivity index (χ2n) is 6.17. The van der Waals surface area contributed by atoms with Crippen molar-refractivity contribution < 1.29 is 14.0 Å². The van der Waals surface area contributed by atoms with Crippen molar-refractivity contribution in [1.82, 2.24) is 4.98 Å². The Labute approximate surface area is 160 Å². The maximum atomic E-state index is 14.3. The number of nitrogens with two attached hydrogens (primary N) is 1. The van der Waals surface area contributed by atoms with Gasteiger partial charge in [-0.3, -0.25) is 9.59 Å². The maximum absolute atomic E-state index is 14.3. The van der Waals surface area contributed by atoms with Crippen LogP contribution in [0.15, 0.2) is 23.6 Å². The Balaban J connectivity index is 0.00000243. The van der Waals surface area contributed by atoms with Crippen molar-refractivity contribution in [1.29, 1.82) is 0 Å². The van der Waals surface area contributed by atoms with E-state index in [0.29, 0.717) is 28.5 Å². The third kappa shape index (κ3) is 4.78. The van der Waals surface area contributed by atoms with Gasteiger partial charge >= 0.3 is 0 Å². The minimum absolute atomic E-state index is 0. The first kappa shape index (κ1) is 20.3. The van der Waals surface area contributed by atoms with Gasteiger partial charge in [-0.1, -0.05) is 0 Å². The third-order valence-corrected chi connectivity index (χ3v) is 4.90. The van der Waals surface area contributed by atoms with Gasteiger partial charge in [0.1, 0.15) is 5.82 Å². The van der Waals surface area contributed by atoms with Crippen LogP contribution in [0, 0.1) is 11.7 Å². The summed E-state index contributed by atoms with van der Waals surface area (Å²) >= 11 is 1.25. The highest BCUT2D eigenvalue weighted by molar-refractivity contribution is 7.14. The number of carbonyl (C=O) groups is 2. The van der Waals surface area contributed by atoms with Crippen molar-refractivity contribution in [3.63, 3.8) is 0 Å². The number of amides is 2. The molecule has 2 amide bonds. The van der Waals surface area contributed by atoms with Gasteiger partial charge in [0.05, 0.1) is 5.69 Å². The molecule has 0 spiro atoms. The number of nitrogens with one attached hydrogen (secondary N) is 2. The van der Waals surface area contributed by atoms with Crippen molar-refractivity contribution in [2.24, 2.45) is 11.7 Å². The van der Waals surface area contributed by atoms with Gasteiger partial charge in [0.2, 0.25) is 11.8 Å². The standard InChI is InChI=1S/C17H19FN4O2S.ClH/c1-9(23)20-12-4-5-13(14(18)7-12)15-8-25-17(21-15)22-16(24)10-2-3-11(19)6-10;/h4-5,7-8,10-11H,2-3,6,19H2,1H3,(H,20,23)(H,21,22,24);1H. The van der Waals surface area contributed by atoms with Crippen LogP contribution in [0.3, 0.4) is 0 Å². The fraction of sp³-hybridized carbons (Fsp3) is 0.353. The zero-order valence-electron chi connectivity index (χ0n) is 14.1. The zero-order chi connectivity index (χ0) is 18.0. The van der Waals surface area contributed by atoms with Gasteiger partial charge in [-0.2, -0.15) is 0 Å². The van der Waals surface area contributed by atoms with Gasteiger partial charge < -0.3 is 16.4 Å². The number of rotatable bonds is 4. The molecule has 1 aromatic carbocycles. The van der Waals surface area contributed by atoms with Crippen LogP contribution >= 0.6 is 23.7 Å². The van der Waals surface area contributed by atoms with E-state index in [2.05, 4.69) is 15.6 Å². The average molecular weight is 399 g/mol. The van der Waals surface area contributed by atoms with Crippen molar-refractivity contribution in [3.8, 4) is 11.3 Å². The molecule has 0 saturated heterocycles. The molecule has 2 atom stereocenters. The molecule has 4 N–H and O–H groups in total.